The number of hydrogen-bond donors (Lipinski definition) is 2. The molecule has 0 radical (unpaired) electrons. The van der Waals surface area contributed by atoms with Crippen molar-refractivity contribution in [3.63, 3.8) is 0 Å². The van der Waals surface area contributed by atoms with E-state index in [9.17, 15) is 33.1 Å². The van der Waals surface area contributed by atoms with Crippen LogP contribution in [0.3, 0.4) is 0 Å². The predicted molar refractivity (Wildman–Crippen MR) is 120 cm³/mol. The highest BCUT2D eigenvalue weighted by Crippen LogP contribution is 2.47. The summed E-state index contributed by atoms with van der Waals surface area (Å²) in [6.45, 7) is 3.23. The third-order valence-corrected chi connectivity index (χ3v) is 7.50. The van der Waals surface area contributed by atoms with Crippen molar-refractivity contribution >= 4 is 17.6 Å². The van der Waals surface area contributed by atoms with E-state index in [1.54, 1.807) is 13.8 Å². The van der Waals surface area contributed by atoms with Crippen molar-refractivity contribution in [2.24, 2.45) is 5.73 Å². The van der Waals surface area contributed by atoms with Gasteiger partial charge < -0.3 is 20.3 Å². The van der Waals surface area contributed by atoms with Gasteiger partial charge in [-0.05, 0) is 32.8 Å². The van der Waals surface area contributed by atoms with Gasteiger partial charge in [-0.25, -0.2) is 8.78 Å². The number of pyridine rings is 1. The molecule has 4 heterocycles. The molecule has 0 saturated carbocycles. The molecule has 12 heteroatoms. The molecular formula is C24H24F2N4O6. The van der Waals surface area contributed by atoms with Gasteiger partial charge in [0.25, 0.3) is 11.8 Å². The fraction of sp³-hybridized carbons (Fsp3) is 0.417. The number of carbonyl (C=O) groups excluding carboxylic acids is 3. The van der Waals surface area contributed by atoms with E-state index in [0.717, 1.165) is 18.3 Å². The lowest BCUT2D eigenvalue weighted by Gasteiger charge is -2.41. The van der Waals surface area contributed by atoms with Crippen molar-refractivity contribution < 1.29 is 33.1 Å². The molecule has 2 bridgehead atoms. The molecule has 1 aromatic heterocycles. The highest BCUT2D eigenvalue weighted by atomic mass is 19.1. The number of nitrogens with zero attached hydrogens (tertiary/aromatic N) is 3. The van der Waals surface area contributed by atoms with Crippen molar-refractivity contribution in [1.29, 1.82) is 0 Å². The number of aromatic hydroxyl groups is 1. The second kappa shape index (κ2) is 8.20. The Morgan fingerprint density at radius 2 is 1.97 bits per heavy atom. The second-order valence-corrected chi connectivity index (χ2v) is 9.53. The number of hydrogen-bond acceptors (Lipinski definition) is 7. The smallest absolute Gasteiger partial charge is 0.274 e. The molecule has 1 aromatic carbocycles. The van der Waals surface area contributed by atoms with Crippen LogP contribution in [0.15, 0.2) is 29.2 Å². The first-order chi connectivity index (χ1) is 17.0. The number of carbonyl (C=O) groups is 3. The maximum atomic E-state index is 14.4. The van der Waals surface area contributed by atoms with Gasteiger partial charge >= 0.3 is 0 Å². The zero-order valence-electron chi connectivity index (χ0n) is 19.5. The number of rotatable bonds is 3. The summed E-state index contributed by atoms with van der Waals surface area (Å²) in [6, 6.07) is 1.01. The molecular weight excluding hydrogens is 478 g/mol. The van der Waals surface area contributed by atoms with E-state index in [1.807, 2.05) is 0 Å². The fourth-order valence-corrected chi connectivity index (χ4v) is 5.44. The minimum absolute atomic E-state index is 0.00468. The summed E-state index contributed by atoms with van der Waals surface area (Å²) in [6.07, 6.45) is 1.62. The standard InChI is InChI=1S/C24H24F2N4O6/c1-11-5-6-24(21(33)12(2)30(36-24)8-13-3-4-14(25)7-16(13)26)17-10-28(11)23(35)18-20(32)19(31)15(22(27)34)9-29(17)18/h3-4,7,9,11-12,17,32H,5-6,8,10H2,1-2H3,(H2,27,34)/t11-,12?,17+,24-/m0/s1. The van der Waals surface area contributed by atoms with Gasteiger partial charge in [-0.3, -0.25) is 24.0 Å². The van der Waals surface area contributed by atoms with Gasteiger partial charge in [-0.1, -0.05) is 6.07 Å². The Bertz CT molecular complexity index is 1380. The first-order valence-electron chi connectivity index (χ1n) is 11.5. The SMILES string of the molecule is CC1C(=O)[C@@]2(CC[C@H](C)N3C[C@H]2n2cc(C(N)=O)c(=O)c(O)c2C3=O)ON1Cc1ccc(F)cc1F. The Morgan fingerprint density at radius 3 is 2.64 bits per heavy atom. The Hall–Kier alpha value is -3.64. The average Bonchev–Trinajstić information content (AvgIpc) is 2.97. The summed E-state index contributed by atoms with van der Waals surface area (Å²) in [5.74, 6) is -4.52. The molecule has 36 heavy (non-hydrogen) atoms. The van der Waals surface area contributed by atoms with Gasteiger partial charge in [-0.2, -0.15) is 5.06 Å². The Kier molecular flexibility index (Phi) is 5.49. The van der Waals surface area contributed by atoms with E-state index < -0.39 is 57.9 Å². The first-order valence-corrected chi connectivity index (χ1v) is 11.5. The normalized spacial score (nSPS) is 27.9. The van der Waals surface area contributed by atoms with Crippen molar-refractivity contribution in [2.75, 3.05) is 6.54 Å². The van der Waals surface area contributed by atoms with Crippen molar-refractivity contribution in [3.8, 4) is 5.75 Å². The lowest BCUT2D eigenvalue weighted by molar-refractivity contribution is -0.224. The number of aromatic nitrogens is 1. The van der Waals surface area contributed by atoms with Crippen molar-refractivity contribution in [3.05, 3.63) is 63.1 Å². The van der Waals surface area contributed by atoms with Crippen LogP contribution in [0.25, 0.3) is 0 Å². The van der Waals surface area contributed by atoms with Crippen LogP contribution in [0.2, 0.25) is 0 Å². The molecule has 3 aliphatic rings. The highest BCUT2D eigenvalue weighted by molar-refractivity contribution is 6.00. The zero-order valence-corrected chi connectivity index (χ0v) is 19.5. The van der Waals surface area contributed by atoms with E-state index in [2.05, 4.69) is 0 Å². The van der Waals surface area contributed by atoms with Gasteiger partial charge in [0, 0.05) is 30.4 Å². The Balaban J connectivity index is 1.64. The summed E-state index contributed by atoms with van der Waals surface area (Å²) in [5, 5.41) is 11.9. The molecule has 190 valence electrons. The summed E-state index contributed by atoms with van der Waals surface area (Å²) in [4.78, 5) is 59.2. The minimum Gasteiger partial charge on any atom is -0.503 e. The largest absolute Gasteiger partial charge is 0.503 e. The molecule has 2 aromatic rings. The van der Waals surface area contributed by atoms with Gasteiger partial charge in [0.15, 0.2) is 22.8 Å². The molecule has 2 amide bonds. The lowest BCUT2D eigenvalue weighted by Crippen LogP contribution is -2.54. The highest BCUT2D eigenvalue weighted by Gasteiger charge is 2.61. The van der Waals surface area contributed by atoms with E-state index >= 15 is 0 Å². The molecule has 0 aliphatic carbocycles. The summed E-state index contributed by atoms with van der Waals surface area (Å²) in [7, 11) is 0. The molecule has 10 nitrogen and oxygen atoms in total. The molecule has 2 fully saturated rings. The monoisotopic (exact) mass is 502 g/mol. The number of ketones is 1. The maximum Gasteiger partial charge on any atom is 0.274 e. The van der Waals surface area contributed by atoms with Crippen LogP contribution in [-0.4, -0.2) is 61.5 Å². The molecule has 1 spiro atoms. The number of primary amides is 1. The number of hydroxylamine groups is 2. The van der Waals surface area contributed by atoms with Crippen LogP contribution < -0.4 is 11.2 Å². The fourth-order valence-electron chi connectivity index (χ4n) is 5.44. The third-order valence-electron chi connectivity index (χ3n) is 7.50. The minimum atomic E-state index is -1.55. The summed E-state index contributed by atoms with van der Waals surface area (Å²) in [5.41, 5.74) is 1.93. The zero-order chi connectivity index (χ0) is 26.1. The predicted octanol–water partition coefficient (Wildman–Crippen LogP) is 1.25. The number of nitrogens with two attached hydrogens (primary N) is 1. The van der Waals surface area contributed by atoms with Gasteiger partial charge in [0.05, 0.1) is 18.6 Å². The van der Waals surface area contributed by atoms with E-state index in [1.165, 1.54) is 20.6 Å². The number of fused-ring (bicyclic) bond motifs is 5. The van der Waals surface area contributed by atoms with E-state index in [-0.39, 0.29) is 42.6 Å². The van der Waals surface area contributed by atoms with Crippen molar-refractivity contribution in [2.45, 2.75) is 57.0 Å². The van der Waals surface area contributed by atoms with Gasteiger partial charge in [-0.15, -0.1) is 0 Å². The first kappa shape index (κ1) is 24.1. The number of halogens is 2. The van der Waals surface area contributed by atoms with Crippen LogP contribution >= 0.6 is 0 Å². The van der Waals surface area contributed by atoms with E-state index in [0.29, 0.717) is 6.42 Å². The number of amides is 2. The molecule has 1 unspecified atom stereocenters. The Labute approximate surface area is 203 Å². The quantitative estimate of drug-likeness (QED) is 0.645. The average molecular weight is 502 g/mol. The molecule has 3 N–H and O–H groups in total. The lowest BCUT2D eigenvalue weighted by atomic mass is 9.82. The Morgan fingerprint density at radius 1 is 1.25 bits per heavy atom. The molecule has 3 aliphatic heterocycles. The topological polar surface area (TPSA) is 135 Å². The van der Waals surface area contributed by atoms with Crippen LogP contribution in [0, 0.1) is 11.6 Å². The third kappa shape index (κ3) is 3.35. The second-order valence-electron chi connectivity index (χ2n) is 9.53. The number of benzene rings is 1. The van der Waals surface area contributed by atoms with E-state index in [4.69, 9.17) is 10.6 Å². The van der Waals surface area contributed by atoms with Crippen LogP contribution in [-0.2, 0) is 16.2 Å². The van der Waals surface area contributed by atoms with Crippen molar-refractivity contribution in [1.82, 2.24) is 14.5 Å². The molecule has 2 saturated heterocycles. The molecule has 4 atom stereocenters. The van der Waals surface area contributed by atoms with Gasteiger partial charge in [0.2, 0.25) is 5.43 Å². The summed E-state index contributed by atoms with van der Waals surface area (Å²) >= 11 is 0. The van der Waals surface area contributed by atoms with Crippen LogP contribution in [0.1, 0.15) is 59.1 Å². The van der Waals surface area contributed by atoms with Crippen LogP contribution in [0.5, 0.6) is 5.75 Å². The van der Waals surface area contributed by atoms with Gasteiger partial charge in [0.1, 0.15) is 17.2 Å². The number of Topliss-reactive ketones (excluding diaryl/α,β-unsaturated/α-hetero) is 1. The maximum absolute atomic E-state index is 14.4. The summed E-state index contributed by atoms with van der Waals surface area (Å²) < 4.78 is 29.0. The molecule has 5 rings (SSSR count). The van der Waals surface area contributed by atoms with Crippen LogP contribution in [0.4, 0.5) is 8.78 Å².